The molecule has 3 aromatic carbocycles. The number of hydrogen-bond donors (Lipinski definition) is 1. The Morgan fingerprint density at radius 2 is 1.67 bits per heavy atom. The lowest BCUT2D eigenvalue weighted by atomic mass is 10.2. The summed E-state index contributed by atoms with van der Waals surface area (Å²) >= 11 is 2.59. The van der Waals surface area contributed by atoms with Crippen molar-refractivity contribution in [2.24, 2.45) is 0 Å². The lowest BCUT2D eigenvalue weighted by molar-refractivity contribution is 0.102. The van der Waals surface area contributed by atoms with Crippen molar-refractivity contribution in [1.29, 1.82) is 0 Å². The van der Waals surface area contributed by atoms with Gasteiger partial charge in [0.25, 0.3) is 11.5 Å². The minimum atomic E-state index is -0.264. The molecule has 0 aliphatic carbocycles. The molecular formula is C27H23N5O5S2. The van der Waals surface area contributed by atoms with Crippen molar-refractivity contribution >= 4 is 45.0 Å². The summed E-state index contributed by atoms with van der Waals surface area (Å²) in [5, 5.41) is 12.9. The average Bonchev–Trinajstić information content (AvgIpc) is 3.43. The highest BCUT2D eigenvalue weighted by atomic mass is 32.2. The zero-order valence-corrected chi connectivity index (χ0v) is 22.8. The Hall–Kier alpha value is -4.42. The molecule has 0 aliphatic rings. The van der Waals surface area contributed by atoms with E-state index in [2.05, 4.69) is 15.5 Å². The molecule has 0 unspecified atom stereocenters. The Balaban J connectivity index is 1.48. The van der Waals surface area contributed by atoms with Crippen molar-refractivity contribution in [2.75, 3.05) is 26.6 Å². The summed E-state index contributed by atoms with van der Waals surface area (Å²) in [6, 6.07) is 19.3. The second-order valence-electron chi connectivity index (χ2n) is 8.07. The van der Waals surface area contributed by atoms with Gasteiger partial charge in [0.15, 0.2) is 16.7 Å². The van der Waals surface area contributed by atoms with Crippen LogP contribution in [0.15, 0.2) is 76.7 Å². The molecule has 10 nitrogen and oxygen atoms in total. The van der Waals surface area contributed by atoms with E-state index in [-0.39, 0.29) is 11.5 Å². The number of nitrogens with one attached hydrogen (secondary N) is 1. The highest BCUT2D eigenvalue weighted by Gasteiger charge is 2.18. The van der Waals surface area contributed by atoms with E-state index in [1.54, 1.807) is 67.8 Å². The molecule has 2 heterocycles. The van der Waals surface area contributed by atoms with Crippen molar-refractivity contribution in [3.05, 3.63) is 87.7 Å². The third kappa shape index (κ3) is 5.56. The molecule has 0 saturated carbocycles. The van der Waals surface area contributed by atoms with Gasteiger partial charge in [-0.05, 0) is 42.5 Å². The van der Waals surface area contributed by atoms with Crippen LogP contribution in [0.5, 0.6) is 17.2 Å². The number of carbonyl (C=O) groups excluding carboxylic acids is 1. The zero-order valence-electron chi connectivity index (χ0n) is 21.2. The first kappa shape index (κ1) is 26.2. The lowest BCUT2D eigenvalue weighted by Crippen LogP contribution is -2.22. The standard InChI is InChI=1S/C27H23N5O5S2/c1-35-18-11-9-17(10-12-18)32-25(34)19-13-21(36-2)22(37-3)14-20(19)28-27(32)38-15-23-30-31-26(39-23)29-24(33)16-7-5-4-6-8-16/h4-14H,15H2,1-3H3,(H,29,31,33). The van der Waals surface area contributed by atoms with E-state index < -0.39 is 0 Å². The largest absolute Gasteiger partial charge is 0.497 e. The number of benzene rings is 3. The van der Waals surface area contributed by atoms with Crippen LogP contribution in [0.3, 0.4) is 0 Å². The van der Waals surface area contributed by atoms with E-state index in [1.807, 2.05) is 6.07 Å². The molecular weight excluding hydrogens is 538 g/mol. The van der Waals surface area contributed by atoms with E-state index in [9.17, 15) is 9.59 Å². The normalized spacial score (nSPS) is 10.8. The van der Waals surface area contributed by atoms with Gasteiger partial charge in [-0.25, -0.2) is 4.98 Å². The summed E-state index contributed by atoms with van der Waals surface area (Å²) in [6.07, 6.45) is 0. The number of aromatic nitrogens is 4. The fourth-order valence-electron chi connectivity index (χ4n) is 3.80. The number of fused-ring (bicyclic) bond motifs is 1. The van der Waals surface area contributed by atoms with Gasteiger partial charge in [-0.1, -0.05) is 41.3 Å². The molecule has 0 saturated heterocycles. The molecule has 198 valence electrons. The number of anilines is 1. The zero-order chi connectivity index (χ0) is 27.4. The van der Waals surface area contributed by atoms with Gasteiger partial charge in [0.2, 0.25) is 5.13 Å². The minimum Gasteiger partial charge on any atom is -0.497 e. The van der Waals surface area contributed by atoms with Crippen molar-refractivity contribution in [2.45, 2.75) is 10.9 Å². The van der Waals surface area contributed by atoms with Crippen LogP contribution in [0.2, 0.25) is 0 Å². The van der Waals surface area contributed by atoms with E-state index in [0.29, 0.717) is 60.5 Å². The smallest absolute Gasteiger partial charge is 0.266 e. The number of rotatable bonds is 9. The van der Waals surface area contributed by atoms with Crippen LogP contribution in [0, 0.1) is 0 Å². The summed E-state index contributed by atoms with van der Waals surface area (Å²) in [5.41, 5.74) is 1.36. The number of amides is 1. The van der Waals surface area contributed by atoms with Crippen LogP contribution in [-0.2, 0) is 5.75 Å². The Morgan fingerprint density at radius 3 is 2.36 bits per heavy atom. The fraction of sp³-hybridized carbons (Fsp3) is 0.148. The van der Waals surface area contributed by atoms with E-state index >= 15 is 0 Å². The Morgan fingerprint density at radius 1 is 0.949 bits per heavy atom. The second kappa shape index (κ2) is 11.5. The van der Waals surface area contributed by atoms with E-state index in [1.165, 1.54) is 41.9 Å². The predicted molar refractivity (Wildman–Crippen MR) is 151 cm³/mol. The van der Waals surface area contributed by atoms with Crippen molar-refractivity contribution in [3.63, 3.8) is 0 Å². The first-order valence-corrected chi connectivity index (χ1v) is 13.5. The SMILES string of the molecule is COc1ccc(-n2c(SCc3nnc(NC(=O)c4ccccc4)s3)nc3cc(OC)c(OC)cc3c2=O)cc1. The van der Waals surface area contributed by atoms with Gasteiger partial charge in [-0.3, -0.25) is 19.5 Å². The Labute approximate surface area is 231 Å². The molecule has 5 aromatic rings. The topological polar surface area (TPSA) is 117 Å². The second-order valence-corrected chi connectivity index (χ2v) is 10.1. The minimum absolute atomic E-state index is 0.262. The first-order chi connectivity index (χ1) is 19.0. The molecule has 0 atom stereocenters. The van der Waals surface area contributed by atoms with Crippen LogP contribution in [0.25, 0.3) is 16.6 Å². The van der Waals surface area contributed by atoms with Crippen molar-refractivity contribution in [1.82, 2.24) is 19.7 Å². The number of methoxy groups -OCH3 is 3. The van der Waals surface area contributed by atoms with E-state index in [0.717, 1.165) is 0 Å². The number of carbonyl (C=O) groups is 1. The van der Waals surface area contributed by atoms with Crippen LogP contribution < -0.4 is 25.1 Å². The van der Waals surface area contributed by atoms with Crippen LogP contribution >= 0.6 is 23.1 Å². The summed E-state index contributed by atoms with van der Waals surface area (Å²) in [4.78, 5) is 31.0. The third-order valence-corrected chi connectivity index (χ3v) is 7.69. The van der Waals surface area contributed by atoms with Crippen LogP contribution in [0.4, 0.5) is 5.13 Å². The predicted octanol–water partition coefficient (Wildman–Crippen LogP) is 4.81. The quantitative estimate of drug-likeness (QED) is 0.200. The van der Waals surface area contributed by atoms with Gasteiger partial charge >= 0.3 is 0 Å². The molecule has 2 aromatic heterocycles. The molecule has 0 radical (unpaired) electrons. The van der Waals surface area contributed by atoms with Crippen LogP contribution in [-0.4, -0.2) is 47.0 Å². The van der Waals surface area contributed by atoms with Gasteiger partial charge in [-0.2, -0.15) is 0 Å². The summed E-state index contributed by atoms with van der Waals surface area (Å²) in [7, 11) is 4.63. The average molecular weight is 562 g/mol. The van der Waals surface area contributed by atoms with E-state index in [4.69, 9.17) is 19.2 Å². The summed E-state index contributed by atoms with van der Waals surface area (Å²) < 4.78 is 17.6. The van der Waals surface area contributed by atoms with Gasteiger partial charge in [-0.15, -0.1) is 10.2 Å². The Kier molecular flexibility index (Phi) is 7.75. The van der Waals surface area contributed by atoms with Gasteiger partial charge in [0.1, 0.15) is 10.8 Å². The maximum atomic E-state index is 13.8. The summed E-state index contributed by atoms with van der Waals surface area (Å²) in [5.74, 6) is 1.68. The van der Waals surface area contributed by atoms with Crippen molar-refractivity contribution < 1.29 is 19.0 Å². The molecule has 0 spiro atoms. The maximum absolute atomic E-state index is 13.8. The molecule has 0 bridgehead atoms. The Bertz CT molecular complexity index is 1690. The molecule has 39 heavy (non-hydrogen) atoms. The van der Waals surface area contributed by atoms with Crippen molar-refractivity contribution in [3.8, 4) is 22.9 Å². The monoisotopic (exact) mass is 561 g/mol. The maximum Gasteiger partial charge on any atom is 0.266 e. The highest BCUT2D eigenvalue weighted by molar-refractivity contribution is 7.98. The number of thioether (sulfide) groups is 1. The number of ether oxygens (including phenoxy) is 3. The summed E-state index contributed by atoms with van der Waals surface area (Å²) in [6.45, 7) is 0. The van der Waals surface area contributed by atoms with Gasteiger partial charge in [0, 0.05) is 11.6 Å². The van der Waals surface area contributed by atoms with Gasteiger partial charge < -0.3 is 14.2 Å². The molecule has 12 heteroatoms. The fourth-order valence-corrected chi connectivity index (χ4v) is 5.53. The highest BCUT2D eigenvalue weighted by Crippen LogP contribution is 2.33. The van der Waals surface area contributed by atoms with Crippen LogP contribution in [0.1, 0.15) is 15.4 Å². The molecule has 0 fully saturated rings. The third-order valence-electron chi connectivity index (χ3n) is 5.72. The lowest BCUT2D eigenvalue weighted by Gasteiger charge is -2.15. The first-order valence-electron chi connectivity index (χ1n) is 11.7. The number of hydrogen-bond acceptors (Lipinski definition) is 10. The molecule has 0 aliphatic heterocycles. The molecule has 1 N–H and O–H groups in total. The van der Waals surface area contributed by atoms with Gasteiger partial charge in [0.05, 0.1) is 43.7 Å². The number of nitrogens with zero attached hydrogens (tertiary/aromatic N) is 4. The molecule has 5 rings (SSSR count). The molecule has 1 amide bonds.